The van der Waals surface area contributed by atoms with Crippen molar-refractivity contribution in [3.8, 4) is 0 Å². The summed E-state index contributed by atoms with van der Waals surface area (Å²) in [5, 5.41) is 0. The van der Waals surface area contributed by atoms with Gasteiger partial charge in [0.15, 0.2) is 0 Å². The van der Waals surface area contributed by atoms with Gasteiger partial charge in [-0.2, -0.15) is 8.42 Å². The van der Waals surface area contributed by atoms with Crippen LogP contribution < -0.4 is 0 Å². The predicted molar refractivity (Wildman–Crippen MR) is 98.4 cm³/mol. The Morgan fingerprint density at radius 3 is 2.50 bits per heavy atom. The van der Waals surface area contributed by atoms with Crippen LogP contribution in [0.3, 0.4) is 0 Å². The van der Waals surface area contributed by atoms with Crippen LogP contribution in [0.4, 0.5) is 4.39 Å². The average molecular weight is 379 g/mol. The fraction of sp³-hybridized carbons (Fsp3) is 0.444. The maximum atomic E-state index is 13.2. The summed E-state index contributed by atoms with van der Waals surface area (Å²) >= 11 is 0. The minimum Gasteiger partial charge on any atom is -0.354 e. The number of hydrogen-bond acceptors (Lipinski definition) is 4. The Morgan fingerprint density at radius 2 is 1.85 bits per heavy atom. The zero-order valence-electron chi connectivity index (χ0n) is 14.9. The van der Waals surface area contributed by atoms with Gasteiger partial charge >= 0.3 is 0 Å². The molecule has 0 spiro atoms. The molecule has 0 unspecified atom stereocenters. The lowest BCUT2D eigenvalue weighted by molar-refractivity contribution is -0.130. The molecule has 2 aliphatic heterocycles. The van der Waals surface area contributed by atoms with E-state index in [0.29, 0.717) is 49.6 Å². The molecule has 2 heterocycles. The first-order chi connectivity index (χ1) is 12.3. The molecule has 140 valence electrons. The Morgan fingerprint density at radius 1 is 1.15 bits per heavy atom. The lowest BCUT2D eigenvalue weighted by Crippen LogP contribution is -2.37. The second kappa shape index (κ2) is 7.19. The molecule has 0 aliphatic carbocycles. The van der Waals surface area contributed by atoms with E-state index >= 15 is 0 Å². The van der Waals surface area contributed by atoms with Gasteiger partial charge in [0.2, 0.25) is 5.91 Å². The van der Waals surface area contributed by atoms with Crippen molar-refractivity contribution in [2.24, 2.45) is 4.40 Å². The van der Waals surface area contributed by atoms with E-state index in [9.17, 15) is 17.6 Å². The standard InChI is InChI=1S/C18H22FN3O3S/c1-3-16(23)21-9-4-10-22(12-11-21)18-13(2)17(26(24,25)20-18)14-5-7-15(19)8-6-14/h5-8H,3-4,9-12H2,1-2H3. The Bertz CT molecular complexity index is 875. The largest absolute Gasteiger partial charge is 0.354 e. The number of hydrogen-bond donors (Lipinski definition) is 0. The molecule has 6 nitrogen and oxygen atoms in total. The minimum atomic E-state index is -3.82. The third-order valence-corrected chi connectivity index (χ3v) is 6.17. The molecule has 0 bridgehead atoms. The molecule has 26 heavy (non-hydrogen) atoms. The summed E-state index contributed by atoms with van der Waals surface area (Å²) in [5.74, 6) is 0.110. The highest BCUT2D eigenvalue weighted by Crippen LogP contribution is 2.33. The van der Waals surface area contributed by atoms with E-state index in [-0.39, 0.29) is 10.8 Å². The van der Waals surface area contributed by atoms with Gasteiger partial charge < -0.3 is 9.80 Å². The smallest absolute Gasteiger partial charge is 0.285 e. The first-order valence-corrected chi connectivity index (χ1v) is 10.1. The predicted octanol–water partition coefficient (Wildman–Crippen LogP) is 2.24. The quantitative estimate of drug-likeness (QED) is 0.790. The number of benzene rings is 1. The molecule has 0 atom stereocenters. The summed E-state index contributed by atoms with van der Waals surface area (Å²) in [6.45, 7) is 5.94. The van der Waals surface area contributed by atoms with Gasteiger partial charge in [0.05, 0.1) is 0 Å². The number of rotatable bonds is 2. The van der Waals surface area contributed by atoms with Gasteiger partial charge in [-0.3, -0.25) is 4.79 Å². The molecule has 1 amide bonds. The number of amidine groups is 1. The molecular formula is C18H22FN3O3S. The van der Waals surface area contributed by atoms with Crippen molar-refractivity contribution in [1.29, 1.82) is 0 Å². The minimum absolute atomic E-state index is 0.104. The van der Waals surface area contributed by atoms with Crippen LogP contribution in [0.5, 0.6) is 0 Å². The van der Waals surface area contributed by atoms with Crippen molar-refractivity contribution in [2.75, 3.05) is 26.2 Å². The zero-order chi connectivity index (χ0) is 18.9. The molecule has 2 aliphatic rings. The van der Waals surface area contributed by atoms with Crippen molar-refractivity contribution in [3.05, 3.63) is 41.2 Å². The Balaban J connectivity index is 1.89. The van der Waals surface area contributed by atoms with E-state index in [2.05, 4.69) is 4.40 Å². The molecule has 1 fully saturated rings. The molecule has 0 radical (unpaired) electrons. The first kappa shape index (κ1) is 18.6. The Kier molecular flexibility index (Phi) is 5.13. The maximum absolute atomic E-state index is 13.2. The fourth-order valence-corrected chi connectivity index (χ4v) is 4.87. The Hall–Kier alpha value is -2.22. The second-order valence-electron chi connectivity index (χ2n) is 6.43. The van der Waals surface area contributed by atoms with Crippen molar-refractivity contribution in [2.45, 2.75) is 26.7 Å². The van der Waals surface area contributed by atoms with Crippen molar-refractivity contribution in [1.82, 2.24) is 9.80 Å². The van der Waals surface area contributed by atoms with Crippen LogP contribution in [0, 0.1) is 5.82 Å². The number of sulfonamides is 1. The molecule has 1 saturated heterocycles. The van der Waals surface area contributed by atoms with Gasteiger partial charge in [0.1, 0.15) is 16.6 Å². The number of amides is 1. The molecule has 1 aromatic carbocycles. The molecule has 0 N–H and O–H groups in total. The van der Waals surface area contributed by atoms with Gasteiger partial charge in [-0.25, -0.2) is 4.39 Å². The molecule has 8 heteroatoms. The second-order valence-corrected chi connectivity index (χ2v) is 7.97. The number of carbonyl (C=O) groups excluding carboxylic acids is 1. The van der Waals surface area contributed by atoms with Crippen LogP contribution in [0.1, 0.15) is 32.3 Å². The van der Waals surface area contributed by atoms with E-state index < -0.39 is 15.8 Å². The van der Waals surface area contributed by atoms with Crippen molar-refractivity contribution < 1.29 is 17.6 Å². The van der Waals surface area contributed by atoms with Gasteiger partial charge in [-0.15, -0.1) is 4.40 Å². The van der Waals surface area contributed by atoms with Crippen LogP contribution in [0.2, 0.25) is 0 Å². The summed E-state index contributed by atoms with van der Waals surface area (Å²) in [7, 11) is -3.82. The summed E-state index contributed by atoms with van der Waals surface area (Å²) in [6, 6.07) is 5.38. The summed E-state index contributed by atoms with van der Waals surface area (Å²) in [5.41, 5.74) is 0.993. The van der Waals surface area contributed by atoms with Gasteiger partial charge in [-0.05, 0) is 31.0 Å². The lowest BCUT2D eigenvalue weighted by atomic mass is 10.1. The van der Waals surface area contributed by atoms with E-state index in [1.54, 1.807) is 6.92 Å². The van der Waals surface area contributed by atoms with Gasteiger partial charge in [0, 0.05) is 38.2 Å². The highest BCUT2D eigenvalue weighted by atomic mass is 32.2. The third-order valence-electron chi connectivity index (χ3n) is 4.70. The van der Waals surface area contributed by atoms with Gasteiger partial charge in [0.25, 0.3) is 10.0 Å². The Labute approximate surface area is 153 Å². The molecule has 1 aromatic rings. The summed E-state index contributed by atoms with van der Waals surface area (Å²) in [4.78, 5) is 15.8. The highest BCUT2D eigenvalue weighted by molar-refractivity contribution is 8.00. The van der Waals surface area contributed by atoms with E-state index in [4.69, 9.17) is 0 Å². The highest BCUT2D eigenvalue weighted by Gasteiger charge is 2.34. The normalized spacial score (nSPS) is 20.2. The van der Waals surface area contributed by atoms with Crippen LogP contribution >= 0.6 is 0 Å². The average Bonchev–Trinajstić information content (AvgIpc) is 2.78. The number of nitrogens with zero attached hydrogens (tertiary/aromatic N) is 3. The van der Waals surface area contributed by atoms with Crippen LogP contribution in [-0.4, -0.2) is 56.1 Å². The van der Waals surface area contributed by atoms with E-state index in [0.717, 1.165) is 6.42 Å². The first-order valence-electron chi connectivity index (χ1n) is 8.68. The maximum Gasteiger partial charge on any atom is 0.285 e. The number of halogens is 1. The molecule has 0 saturated carbocycles. The van der Waals surface area contributed by atoms with Crippen molar-refractivity contribution >= 4 is 26.7 Å². The fourth-order valence-electron chi connectivity index (χ4n) is 3.39. The number of carbonyl (C=O) groups is 1. The third kappa shape index (κ3) is 3.51. The van der Waals surface area contributed by atoms with Crippen LogP contribution in [-0.2, 0) is 14.8 Å². The van der Waals surface area contributed by atoms with Crippen molar-refractivity contribution in [3.63, 3.8) is 0 Å². The summed E-state index contributed by atoms with van der Waals surface area (Å²) in [6.07, 6.45) is 1.22. The van der Waals surface area contributed by atoms with E-state index in [1.807, 2.05) is 16.7 Å². The summed E-state index contributed by atoms with van der Waals surface area (Å²) < 4.78 is 42.3. The van der Waals surface area contributed by atoms with Gasteiger partial charge in [-0.1, -0.05) is 19.1 Å². The van der Waals surface area contributed by atoms with Crippen LogP contribution in [0.15, 0.2) is 34.2 Å². The zero-order valence-corrected chi connectivity index (χ0v) is 15.7. The topological polar surface area (TPSA) is 70.1 Å². The lowest BCUT2D eigenvalue weighted by Gasteiger charge is -2.23. The van der Waals surface area contributed by atoms with Crippen LogP contribution in [0.25, 0.3) is 4.91 Å². The monoisotopic (exact) mass is 379 g/mol. The van der Waals surface area contributed by atoms with E-state index in [1.165, 1.54) is 24.3 Å². The molecule has 0 aromatic heterocycles. The molecular weight excluding hydrogens is 357 g/mol. The molecule has 3 rings (SSSR count). The SMILES string of the molecule is CCC(=O)N1CCCN(C2=NS(=O)(=O)C(c3ccc(F)cc3)=C2C)CC1.